The van der Waals surface area contributed by atoms with Gasteiger partial charge in [0.2, 0.25) is 6.79 Å². The summed E-state index contributed by atoms with van der Waals surface area (Å²) in [5.74, 6) is 2.40. The first-order valence-corrected chi connectivity index (χ1v) is 8.03. The summed E-state index contributed by atoms with van der Waals surface area (Å²) >= 11 is 0. The number of amides is 1. The molecule has 132 valence electrons. The summed E-state index contributed by atoms with van der Waals surface area (Å²) in [5, 5.41) is 5.92. The summed E-state index contributed by atoms with van der Waals surface area (Å²) in [6.07, 6.45) is 2.91. The number of nitrogens with one attached hydrogen (secondary N) is 2. The van der Waals surface area contributed by atoms with Crippen LogP contribution < -0.4 is 20.1 Å². The molecule has 0 unspecified atom stereocenters. The first-order chi connectivity index (χ1) is 12.8. The van der Waals surface area contributed by atoms with Crippen LogP contribution >= 0.6 is 0 Å². The van der Waals surface area contributed by atoms with Crippen LogP contribution in [0.15, 0.2) is 53.4 Å². The first-order valence-electron chi connectivity index (χ1n) is 8.03. The minimum absolute atomic E-state index is 0.245. The molecule has 4 rings (SSSR count). The van der Waals surface area contributed by atoms with Crippen molar-refractivity contribution in [1.82, 2.24) is 15.3 Å². The van der Waals surface area contributed by atoms with E-state index in [0.717, 1.165) is 17.1 Å². The smallest absolute Gasteiger partial charge is 0.270 e. The number of benzene rings is 1. The summed E-state index contributed by atoms with van der Waals surface area (Å²) in [6, 6.07) is 10.9. The number of nitrogens with zero attached hydrogens (tertiary/aromatic N) is 2. The molecular formula is C18H16N4O4. The van der Waals surface area contributed by atoms with Crippen molar-refractivity contribution < 1.29 is 18.7 Å². The van der Waals surface area contributed by atoms with Crippen molar-refractivity contribution in [2.24, 2.45) is 0 Å². The van der Waals surface area contributed by atoms with Crippen LogP contribution in [0.1, 0.15) is 21.8 Å². The van der Waals surface area contributed by atoms with E-state index in [9.17, 15) is 4.79 Å². The van der Waals surface area contributed by atoms with Crippen LogP contribution in [-0.4, -0.2) is 22.7 Å². The summed E-state index contributed by atoms with van der Waals surface area (Å²) < 4.78 is 15.8. The van der Waals surface area contributed by atoms with Crippen LogP contribution in [0.4, 0.5) is 5.82 Å². The molecule has 1 amide bonds. The molecule has 3 aromatic rings. The van der Waals surface area contributed by atoms with Gasteiger partial charge in [0.1, 0.15) is 23.6 Å². The number of ether oxygens (including phenoxy) is 2. The number of rotatable bonds is 6. The zero-order chi connectivity index (χ0) is 17.8. The summed E-state index contributed by atoms with van der Waals surface area (Å²) in [6.45, 7) is 1.07. The number of aromatic nitrogens is 2. The second-order valence-corrected chi connectivity index (χ2v) is 5.59. The highest BCUT2D eigenvalue weighted by Crippen LogP contribution is 2.32. The molecule has 8 heteroatoms. The Balaban J connectivity index is 1.37. The van der Waals surface area contributed by atoms with Gasteiger partial charge >= 0.3 is 0 Å². The van der Waals surface area contributed by atoms with E-state index in [2.05, 4.69) is 20.6 Å². The molecule has 0 bridgehead atoms. The van der Waals surface area contributed by atoms with Crippen LogP contribution in [0.5, 0.6) is 11.5 Å². The fraction of sp³-hybridized carbons (Fsp3) is 0.167. The topological polar surface area (TPSA) is 98.5 Å². The first kappa shape index (κ1) is 15.9. The zero-order valence-electron chi connectivity index (χ0n) is 13.8. The van der Waals surface area contributed by atoms with Crippen molar-refractivity contribution in [1.29, 1.82) is 0 Å². The lowest BCUT2D eigenvalue weighted by atomic mass is 10.2. The predicted molar refractivity (Wildman–Crippen MR) is 91.8 cm³/mol. The van der Waals surface area contributed by atoms with E-state index in [0.29, 0.717) is 24.7 Å². The highest BCUT2D eigenvalue weighted by atomic mass is 16.7. The van der Waals surface area contributed by atoms with Crippen LogP contribution in [0.2, 0.25) is 0 Å². The number of anilines is 1. The summed E-state index contributed by atoms with van der Waals surface area (Å²) in [7, 11) is 0. The van der Waals surface area contributed by atoms with E-state index < -0.39 is 0 Å². The standard InChI is InChI=1S/C18H16N4O4/c23-18(20-9-13-2-1-5-24-13)14-7-17(22-10-21-14)19-8-12-3-4-15-16(6-12)26-11-25-15/h1-7,10H,8-9,11H2,(H,20,23)(H,19,21,22). The van der Waals surface area contributed by atoms with Gasteiger partial charge in [-0.05, 0) is 29.8 Å². The molecule has 0 saturated heterocycles. The molecule has 0 radical (unpaired) electrons. The van der Waals surface area contributed by atoms with Gasteiger partial charge in [-0.25, -0.2) is 9.97 Å². The molecule has 1 aromatic carbocycles. The Morgan fingerprint density at radius 3 is 2.88 bits per heavy atom. The second-order valence-electron chi connectivity index (χ2n) is 5.59. The van der Waals surface area contributed by atoms with Gasteiger partial charge in [-0.3, -0.25) is 4.79 Å². The second kappa shape index (κ2) is 7.14. The van der Waals surface area contributed by atoms with Crippen molar-refractivity contribution in [3.8, 4) is 11.5 Å². The highest BCUT2D eigenvalue weighted by Gasteiger charge is 2.13. The lowest BCUT2D eigenvalue weighted by Gasteiger charge is -2.08. The Hall–Kier alpha value is -3.55. The van der Waals surface area contributed by atoms with Crippen LogP contribution in [0, 0.1) is 0 Å². The Morgan fingerprint density at radius 1 is 1.08 bits per heavy atom. The van der Waals surface area contributed by atoms with Crippen molar-refractivity contribution >= 4 is 11.7 Å². The molecule has 0 fully saturated rings. The van der Waals surface area contributed by atoms with Gasteiger partial charge in [0.25, 0.3) is 5.91 Å². The third kappa shape index (κ3) is 3.59. The van der Waals surface area contributed by atoms with Gasteiger partial charge in [0.05, 0.1) is 12.8 Å². The average Bonchev–Trinajstić information content (AvgIpc) is 3.35. The Kier molecular flexibility index (Phi) is 4.38. The minimum Gasteiger partial charge on any atom is -0.467 e. The summed E-state index contributed by atoms with van der Waals surface area (Å²) in [5.41, 5.74) is 1.29. The third-order valence-electron chi connectivity index (χ3n) is 3.81. The van der Waals surface area contributed by atoms with E-state index in [4.69, 9.17) is 13.9 Å². The molecule has 0 atom stereocenters. The van der Waals surface area contributed by atoms with E-state index in [1.54, 1.807) is 24.5 Å². The molecule has 0 aliphatic carbocycles. The zero-order valence-corrected chi connectivity index (χ0v) is 13.8. The molecule has 0 spiro atoms. The fourth-order valence-corrected chi connectivity index (χ4v) is 2.49. The highest BCUT2D eigenvalue weighted by molar-refractivity contribution is 5.92. The molecule has 3 heterocycles. The van der Waals surface area contributed by atoms with Gasteiger partial charge in [-0.1, -0.05) is 6.07 Å². The lowest BCUT2D eigenvalue weighted by molar-refractivity contribution is 0.0943. The average molecular weight is 352 g/mol. The molecule has 1 aliphatic rings. The monoisotopic (exact) mass is 352 g/mol. The van der Waals surface area contributed by atoms with Crippen LogP contribution in [0.3, 0.4) is 0 Å². The van der Waals surface area contributed by atoms with Crippen LogP contribution in [0.25, 0.3) is 0 Å². The lowest BCUT2D eigenvalue weighted by Crippen LogP contribution is -2.23. The molecule has 2 N–H and O–H groups in total. The van der Waals surface area contributed by atoms with E-state index >= 15 is 0 Å². The molecule has 2 aromatic heterocycles. The molecule has 0 saturated carbocycles. The normalized spacial score (nSPS) is 12.0. The maximum absolute atomic E-state index is 12.2. The third-order valence-corrected chi connectivity index (χ3v) is 3.81. The van der Waals surface area contributed by atoms with Gasteiger partial charge in [-0.2, -0.15) is 0 Å². The fourth-order valence-electron chi connectivity index (χ4n) is 2.49. The van der Waals surface area contributed by atoms with E-state index in [-0.39, 0.29) is 18.4 Å². The van der Waals surface area contributed by atoms with Gasteiger partial charge in [0, 0.05) is 12.6 Å². The van der Waals surface area contributed by atoms with E-state index in [1.165, 1.54) is 6.33 Å². The quantitative estimate of drug-likeness (QED) is 0.702. The van der Waals surface area contributed by atoms with Crippen molar-refractivity contribution in [3.05, 3.63) is 66.0 Å². The SMILES string of the molecule is O=C(NCc1ccco1)c1cc(NCc2ccc3c(c2)OCO3)ncn1. The Morgan fingerprint density at radius 2 is 2.00 bits per heavy atom. The number of carbonyl (C=O) groups excluding carboxylic acids is 1. The number of fused-ring (bicyclic) bond motifs is 1. The van der Waals surface area contributed by atoms with Gasteiger partial charge < -0.3 is 24.5 Å². The van der Waals surface area contributed by atoms with Crippen molar-refractivity contribution in [2.75, 3.05) is 12.1 Å². The Labute approximate surface area is 149 Å². The maximum Gasteiger partial charge on any atom is 0.270 e. The minimum atomic E-state index is -0.296. The Bertz CT molecular complexity index is 911. The van der Waals surface area contributed by atoms with Gasteiger partial charge in [-0.15, -0.1) is 0 Å². The number of furan rings is 1. The van der Waals surface area contributed by atoms with Crippen molar-refractivity contribution in [3.63, 3.8) is 0 Å². The molecule has 26 heavy (non-hydrogen) atoms. The van der Waals surface area contributed by atoms with Gasteiger partial charge in [0.15, 0.2) is 11.5 Å². The summed E-state index contributed by atoms with van der Waals surface area (Å²) in [4.78, 5) is 20.3. The predicted octanol–water partition coefficient (Wildman–Crippen LogP) is 2.34. The van der Waals surface area contributed by atoms with Crippen LogP contribution in [-0.2, 0) is 13.1 Å². The largest absolute Gasteiger partial charge is 0.467 e. The number of hydrogen-bond acceptors (Lipinski definition) is 7. The van der Waals surface area contributed by atoms with Crippen molar-refractivity contribution in [2.45, 2.75) is 13.1 Å². The molecule has 8 nitrogen and oxygen atoms in total. The number of hydrogen-bond donors (Lipinski definition) is 2. The van der Waals surface area contributed by atoms with E-state index in [1.807, 2.05) is 18.2 Å². The molecule has 1 aliphatic heterocycles. The number of carbonyl (C=O) groups is 1. The maximum atomic E-state index is 12.2. The molecular weight excluding hydrogens is 336 g/mol.